The maximum absolute atomic E-state index is 6.43. The molecule has 2 nitrogen and oxygen atoms in total. The van der Waals surface area contributed by atoms with Crippen molar-refractivity contribution in [3.63, 3.8) is 0 Å². The van der Waals surface area contributed by atoms with Crippen LogP contribution in [0.25, 0.3) is 33.1 Å². The summed E-state index contributed by atoms with van der Waals surface area (Å²) in [5.41, 5.74) is 11.9. The Morgan fingerprint density at radius 3 is 2.25 bits per heavy atom. The molecule has 32 heavy (non-hydrogen) atoms. The third kappa shape index (κ3) is 2.24. The Bertz CT molecular complexity index is 1620. The second-order valence-electron chi connectivity index (χ2n) is 9.36. The molecule has 4 aliphatic rings. The highest BCUT2D eigenvalue weighted by Gasteiger charge is 2.25. The fourth-order valence-corrected chi connectivity index (χ4v) is 5.76. The first-order valence-corrected chi connectivity index (χ1v) is 11.5. The molecule has 1 aromatic heterocycles. The van der Waals surface area contributed by atoms with Gasteiger partial charge in [0.05, 0.1) is 11.0 Å². The van der Waals surface area contributed by atoms with Crippen LogP contribution in [0, 0.1) is 0 Å². The number of ether oxygens (including phenoxy) is 1. The Kier molecular flexibility index (Phi) is 3.12. The summed E-state index contributed by atoms with van der Waals surface area (Å²) in [6, 6.07) is 20.2. The molecule has 152 valence electrons. The highest BCUT2D eigenvalue weighted by atomic mass is 16.5. The minimum absolute atomic E-state index is 0.950. The fourth-order valence-electron chi connectivity index (χ4n) is 5.76. The second kappa shape index (κ2) is 5.92. The Morgan fingerprint density at radius 2 is 1.41 bits per heavy atom. The van der Waals surface area contributed by atoms with E-state index in [0.29, 0.717) is 0 Å². The standard InChI is InChI=1S/C30H21NO/c1-2-4-23(5-3-1)31-28-15-21-9-8-20(21)14-26(28)27-17-30-25(16-29(27)31)22-11-18-6-7-19(10-18)12-24(13-22)32-30/h1-5,10-17H,6-9H2/b18-11?,19-12?,22-11+,24-12?. The average Bonchev–Trinajstić information content (AvgIpc) is 3.36. The number of aromatic nitrogens is 1. The van der Waals surface area contributed by atoms with Crippen LogP contribution in [0.15, 0.2) is 95.8 Å². The fraction of sp³-hybridized carbons (Fsp3) is 0.133. The van der Waals surface area contributed by atoms with Gasteiger partial charge in [0.15, 0.2) is 0 Å². The number of aryl methyl sites for hydroxylation is 2. The molecular weight excluding hydrogens is 390 g/mol. The van der Waals surface area contributed by atoms with E-state index in [1.54, 1.807) is 0 Å². The second-order valence-corrected chi connectivity index (χ2v) is 9.36. The summed E-state index contributed by atoms with van der Waals surface area (Å²) < 4.78 is 8.86. The summed E-state index contributed by atoms with van der Waals surface area (Å²) in [5, 5.41) is 2.59. The van der Waals surface area contributed by atoms with Gasteiger partial charge in [-0.3, -0.25) is 0 Å². The van der Waals surface area contributed by atoms with E-state index in [0.717, 1.165) is 24.4 Å². The van der Waals surface area contributed by atoms with E-state index in [4.69, 9.17) is 4.74 Å². The van der Waals surface area contributed by atoms with E-state index in [1.807, 2.05) is 0 Å². The number of allylic oxidation sites excluding steroid dienone is 7. The molecule has 0 saturated carbocycles. The van der Waals surface area contributed by atoms with Gasteiger partial charge in [0.2, 0.25) is 0 Å². The van der Waals surface area contributed by atoms with Gasteiger partial charge in [0.25, 0.3) is 0 Å². The van der Waals surface area contributed by atoms with Crippen molar-refractivity contribution in [1.29, 1.82) is 0 Å². The number of benzene rings is 3. The monoisotopic (exact) mass is 411 g/mol. The first-order chi connectivity index (χ1) is 15.8. The number of hydrogen-bond acceptors (Lipinski definition) is 1. The van der Waals surface area contributed by atoms with Crippen LogP contribution in [0.2, 0.25) is 0 Å². The molecule has 0 fully saturated rings. The van der Waals surface area contributed by atoms with Gasteiger partial charge in [-0.15, -0.1) is 0 Å². The van der Waals surface area contributed by atoms with Gasteiger partial charge in [-0.05, 0) is 102 Å². The van der Waals surface area contributed by atoms with Crippen LogP contribution < -0.4 is 4.74 Å². The van der Waals surface area contributed by atoms with Gasteiger partial charge in [-0.25, -0.2) is 0 Å². The Labute approximate surface area is 186 Å². The maximum Gasteiger partial charge on any atom is 0.136 e. The van der Waals surface area contributed by atoms with E-state index in [2.05, 4.69) is 83.5 Å². The van der Waals surface area contributed by atoms with Gasteiger partial charge in [-0.2, -0.15) is 0 Å². The van der Waals surface area contributed by atoms with E-state index in [-0.39, 0.29) is 0 Å². The highest BCUT2D eigenvalue weighted by Crippen LogP contribution is 2.44. The van der Waals surface area contributed by atoms with Crippen molar-refractivity contribution in [2.75, 3.05) is 0 Å². The maximum atomic E-state index is 6.43. The van der Waals surface area contributed by atoms with Crippen molar-refractivity contribution < 1.29 is 4.74 Å². The Hall–Kier alpha value is -3.78. The number of rotatable bonds is 1. The quantitative estimate of drug-likeness (QED) is 0.323. The number of hydrogen-bond donors (Lipinski definition) is 0. The van der Waals surface area contributed by atoms with Crippen LogP contribution in [0.4, 0.5) is 0 Å². The first kappa shape index (κ1) is 16.9. The zero-order valence-corrected chi connectivity index (χ0v) is 17.7. The van der Waals surface area contributed by atoms with Gasteiger partial charge < -0.3 is 9.30 Å². The smallest absolute Gasteiger partial charge is 0.136 e. The zero-order valence-electron chi connectivity index (χ0n) is 17.7. The molecule has 0 radical (unpaired) electrons. The molecule has 0 N–H and O–H groups in total. The zero-order chi connectivity index (χ0) is 20.8. The third-order valence-electron chi connectivity index (χ3n) is 7.44. The van der Waals surface area contributed by atoms with Crippen molar-refractivity contribution in [1.82, 2.24) is 4.57 Å². The molecule has 4 bridgehead atoms. The van der Waals surface area contributed by atoms with Gasteiger partial charge in [0.1, 0.15) is 11.5 Å². The highest BCUT2D eigenvalue weighted by molar-refractivity contribution is 6.11. The van der Waals surface area contributed by atoms with Gasteiger partial charge in [0, 0.05) is 22.0 Å². The molecule has 0 atom stereocenters. The summed E-state index contributed by atoms with van der Waals surface area (Å²) in [4.78, 5) is 0. The number of para-hydroxylation sites is 1. The topological polar surface area (TPSA) is 14.2 Å². The molecule has 0 saturated heterocycles. The minimum Gasteiger partial charge on any atom is -0.457 e. The summed E-state index contributed by atoms with van der Waals surface area (Å²) in [6.07, 6.45) is 13.7. The largest absolute Gasteiger partial charge is 0.457 e. The SMILES string of the molecule is C1=C2C=C(/C=C3\C=C1Oc1cc4c5cc6c(cc5n(-c5ccccc5)c4cc13)CC6)CC2. The van der Waals surface area contributed by atoms with Gasteiger partial charge in [-0.1, -0.05) is 30.4 Å². The van der Waals surface area contributed by atoms with E-state index >= 15 is 0 Å². The summed E-state index contributed by atoms with van der Waals surface area (Å²) >= 11 is 0. The average molecular weight is 412 g/mol. The van der Waals surface area contributed by atoms with Crippen molar-refractivity contribution in [2.45, 2.75) is 25.7 Å². The predicted octanol–water partition coefficient (Wildman–Crippen LogP) is 7.20. The molecule has 4 aromatic rings. The van der Waals surface area contributed by atoms with Crippen molar-refractivity contribution in [3.8, 4) is 11.4 Å². The molecule has 0 amide bonds. The van der Waals surface area contributed by atoms with E-state index in [1.165, 1.54) is 73.7 Å². The summed E-state index contributed by atoms with van der Waals surface area (Å²) in [7, 11) is 0. The molecule has 0 unspecified atom stereocenters. The van der Waals surface area contributed by atoms with Crippen LogP contribution in [-0.2, 0) is 12.8 Å². The van der Waals surface area contributed by atoms with E-state index < -0.39 is 0 Å². The molecule has 3 aromatic carbocycles. The summed E-state index contributed by atoms with van der Waals surface area (Å²) in [6.45, 7) is 0. The molecule has 1 aliphatic heterocycles. The van der Waals surface area contributed by atoms with Crippen LogP contribution in [0.5, 0.6) is 5.75 Å². The molecule has 3 aliphatic carbocycles. The predicted molar refractivity (Wildman–Crippen MR) is 130 cm³/mol. The van der Waals surface area contributed by atoms with Crippen LogP contribution >= 0.6 is 0 Å². The lowest BCUT2D eigenvalue weighted by atomic mass is 9.87. The number of nitrogens with zero attached hydrogens (tertiary/aromatic N) is 1. The normalized spacial score (nSPS) is 19.5. The lowest BCUT2D eigenvalue weighted by Crippen LogP contribution is -2.07. The molecule has 8 rings (SSSR count). The third-order valence-corrected chi connectivity index (χ3v) is 7.44. The number of fused-ring (bicyclic) bond motifs is 8. The van der Waals surface area contributed by atoms with Crippen LogP contribution in [0.1, 0.15) is 29.5 Å². The Balaban J connectivity index is 1.47. The lowest BCUT2D eigenvalue weighted by molar-refractivity contribution is 0.439. The molecule has 2 heterocycles. The van der Waals surface area contributed by atoms with Crippen LogP contribution in [-0.4, -0.2) is 4.57 Å². The molecule has 2 heteroatoms. The lowest BCUT2D eigenvalue weighted by Gasteiger charge is -2.20. The van der Waals surface area contributed by atoms with Gasteiger partial charge >= 0.3 is 0 Å². The van der Waals surface area contributed by atoms with Crippen molar-refractivity contribution in [2.24, 2.45) is 0 Å². The van der Waals surface area contributed by atoms with Crippen LogP contribution in [0.3, 0.4) is 0 Å². The minimum atomic E-state index is 0.950. The molecule has 0 spiro atoms. The van der Waals surface area contributed by atoms with E-state index in [9.17, 15) is 0 Å². The van der Waals surface area contributed by atoms with Crippen molar-refractivity contribution >= 4 is 27.4 Å². The Morgan fingerprint density at radius 1 is 0.656 bits per heavy atom. The summed E-state index contributed by atoms with van der Waals surface area (Å²) in [5.74, 6) is 1.92. The first-order valence-electron chi connectivity index (χ1n) is 11.5. The van der Waals surface area contributed by atoms with Crippen molar-refractivity contribution in [3.05, 3.63) is 112 Å². The molecular formula is C30H21NO.